The van der Waals surface area contributed by atoms with Gasteiger partial charge in [0.1, 0.15) is 0 Å². The van der Waals surface area contributed by atoms with Crippen LogP contribution in [0.1, 0.15) is 40.0 Å². The molecule has 0 radical (unpaired) electrons. The van der Waals surface area contributed by atoms with E-state index in [-0.39, 0.29) is 11.8 Å². The molecule has 0 aromatic heterocycles. The Bertz CT molecular complexity index is 297. The predicted octanol–water partition coefficient (Wildman–Crippen LogP) is 1.09. The molecule has 0 heterocycles. The van der Waals surface area contributed by atoms with Crippen molar-refractivity contribution in [3.8, 4) is 0 Å². The Kier molecular flexibility index (Phi) is 5.21. The standard InChI is InChI=1S/C11H24N2O2S/c1-9(2)8-10(3)13-16(14,15)7-6-12-11-4-5-11/h9-13H,4-8H2,1-3H3. The van der Waals surface area contributed by atoms with Gasteiger partial charge < -0.3 is 5.32 Å². The molecule has 0 bridgehead atoms. The fourth-order valence-corrected chi connectivity index (χ4v) is 3.02. The van der Waals surface area contributed by atoms with Crippen LogP contribution in [0.2, 0.25) is 0 Å². The van der Waals surface area contributed by atoms with Gasteiger partial charge in [-0.15, -0.1) is 0 Å². The largest absolute Gasteiger partial charge is 0.313 e. The molecule has 0 aliphatic heterocycles. The molecule has 4 nitrogen and oxygen atoms in total. The topological polar surface area (TPSA) is 58.2 Å². The molecule has 1 aliphatic rings. The molecule has 0 saturated heterocycles. The van der Waals surface area contributed by atoms with Gasteiger partial charge in [-0.2, -0.15) is 0 Å². The molecule has 2 N–H and O–H groups in total. The Morgan fingerprint density at radius 3 is 2.38 bits per heavy atom. The van der Waals surface area contributed by atoms with Gasteiger partial charge in [0.05, 0.1) is 5.75 Å². The van der Waals surface area contributed by atoms with E-state index in [2.05, 4.69) is 23.9 Å². The highest BCUT2D eigenvalue weighted by Crippen LogP contribution is 2.18. The lowest BCUT2D eigenvalue weighted by Crippen LogP contribution is -2.38. The maximum Gasteiger partial charge on any atom is 0.213 e. The van der Waals surface area contributed by atoms with Gasteiger partial charge in [0.25, 0.3) is 0 Å². The molecule has 1 unspecified atom stereocenters. The molecule has 0 aromatic rings. The van der Waals surface area contributed by atoms with E-state index in [1.807, 2.05) is 6.92 Å². The van der Waals surface area contributed by atoms with Crippen LogP contribution in [0.4, 0.5) is 0 Å². The molecule has 5 heteroatoms. The highest BCUT2D eigenvalue weighted by molar-refractivity contribution is 7.89. The summed E-state index contributed by atoms with van der Waals surface area (Å²) in [5, 5.41) is 3.21. The van der Waals surface area contributed by atoms with E-state index in [4.69, 9.17) is 0 Å². The van der Waals surface area contributed by atoms with E-state index in [9.17, 15) is 8.42 Å². The Morgan fingerprint density at radius 2 is 1.88 bits per heavy atom. The summed E-state index contributed by atoms with van der Waals surface area (Å²) < 4.78 is 26.1. The molecule has 0 amide bonds. The molecule has 16 heavy (non-hydrogen) atoms. The number of hydrogen-bond donors (Lipinski definition) is 2. The van der Waals surface area contributed by atoms with Gasteiger partial charge in [-0.3, -0.25) is 0 Å². The lowest BCUT2D eigenvalue weighted by molar-refractivity contribution is 0.482. The minimum atomic E-state index is -3.11. The Labute approximate surface area is 99.2 Å². The molecule has 1 fully saturated rings. The zero-order valence-corrected chi connectivity index (χ0v) is 11.3. The molecular formula is C11H24N2O2S. The lowest BCUT2D eigenvalue weighted by Gasteiger charge is -2.16. The fourth-order valence-electron chi connectivity index (χ4n) is 1.81. The molecule has 1 atom stereocenters. The van der Waals surface area contributed by atoms with Crippen molar-refractivity contribution in [3.63, 3.8) is 0 Å². The average Bonchev–Trinajstić information content (AvgIpc) is 2.83. The summed E-state index contributed by atoms with van der Waals surface area (Å²) in [5.41, 5.74) is 0. The fraction of sp³-hybridized carbons (Fsp3) is 1.00. The van der Waals surface area contributed by atoms with E-state index >= 15 is 0 Å². The van der Waals surface area contributed by atoms with Crippen molar-refractivity contribution < 1.29 is 8.42 Å². The van der Waals surface area contributed by atoms with Crippen LogP contribution in [0.3, 0.4) is 0 Å². The van der Waals surface area contributed by atoms with E-state index in [1.165, 1.54) is 12.8 Å². The third kappa shape index (κ3) is 6.45. The molecule has 1 rings (SSSR count). The molecule has 1 saturated carbocycles. The van der Waals surface area contributed by atoms with Crippen LogP contribution in [0, 0.1) is 5.92 Å². The van der Waals surface area contributed by atoms with Crippen LogP contribution in [0.25, 0.3) is 0 Å². The van der Waals surface area contributed by atoms with Gasteiger partial charge >= 0.3 is 0 Å². The smallest absolute Gasteiger partial charge is 0.213 e. The SMILES string of the molecule is CC(C)CC(C)NS(=O)(=O)CCNC1CC1. The number of sulfonamides is 1. The first-order valence-corrected chi connectivity index (χ1v) is 7.77. The highest BCUT2D eigenvalue weighted by Gasteiger charge is 2.21. The van der Waals surface area contributed by atoms with Crippen LogP contribution in [-0.4, -0.2) is 32.8 Å². The van der Waals surface area contributed by atoms with Gasteiger partial charge in [-0.05, 0) is 32.1 Å². The average molecular weight is 248 g/mol. The zero-order chi connectivity index (χ0) is 12.2. The quantitative estimate of drug-likeness (QED) is 0.676. The molecule has 0 aromatic carbocycles. The summed E-state index contributed by atoms with van der Waals surface area (Å²) in [5.74, 6) is 0.702. The maximum atomic E-state index is 11.7. The highest BCUT2D eigenvalue weighted by atomic mass is 32.2. The van der Waals surface area contributed by atoms with Crippen molar-refractivity contribution in [2.45, 2.75) is 52.1 Å². The zero-order valence-electron chi connectivity index (χ0n) is 10.5. The summed E-state index contributed by atoms with van der Waals surface area (Å²) in [6, 6.07) is 0.606. The summed E-state index contributed by atoms with van der Waals surface area (Å²) in [6.07, 6.45) is 3.27. The van der Waals surface area contributed by atoms with Crippen LogP contribution < -0.4 is 10.0 Å². The second kappa shape index (κ2) is 5.98. The van der Waals surface area contributed by atoms with E-state index < -0.39 is 10.0 Å². The van der Waals surface area contributed by atoms with E-state index in [0.717, 1.165) is 6.42 Å². The van der Waals surface area contributed by atoms with Crippen molar-refractivity contribution in [1.82, 2.24) is 10.0 Å². The van der Waals surface area contributed by atoms with Crippen LogP contribution in [-0.2, 0) is 10.0 Å². The normalized spacial score (nSPS) is 19.0. The predicted molar refractivity (Wildman–Crippen MR) is 66.9 cm³/mol. The van der Waals surface area contributed by atoms with Crippen molar-refractivity contribution in [2.75, 3.05) is 12.3 Å². The van der Waals surface area contributed by atoms with Gasteiger partial charge in [-0.1, -0.05) is 13.8 Å². The second-order valence-corrected chi connectivity index (χ2v) is 7.07. The van der Waals surface area contributed by atoms with Gasteiger partial charge in [0.15, 0.2) is 0 Å². The monoisotopic (exact) mass is 248 g/mol. The number of hydrogen-bond acceptors (Lipinski definition) is 3. The second-order valence-electron chi connectivity index (χ2n) is 5.20. The molecule has 96 valence electrons. The van der Waals surface area contributed by atoms with Crippen LogP contribution >= 0.6 is 0 Å². The Balaban J connectivity index is 2.20. The van der Waals surface area contributed by atoms with E-state index in [1.54, 1.807) is 0 Å². The lowest BCUT2D eigenvalue weighted by atomic mass is 10.1. The first-order chi connectivity index (χ1) is 7.39. The van der Waals surface area contributed by atoms with Gasteiger partial charge in [0, 0.05) is 18.6 Å². The van der Waals surface area contributed by atoms with Gasteiger partial charge in [0.2, 0.25) is 10.0 Å². The van der Waals surface area contributed by atoms with Crippen molar-refractivity contribution in [3.05, 3.63) is 0 Å². The minimum Gasteiger partial charge on any atom is -0.313 e. The van der Waals surface area contributed by atoms with Crippen molar-refractivity contribution in [2.24, 2.45) is 5.92 Å². The minimum absolute atomic E-state index is 0.0333. The molecule has 0 spiro atoms. The third-order valence-corrected chi connectivity index (χ3v) is 4.09. The molecule has 1 aliphatic carbocycles. The van der Waals surface area contributed by atoms with Crippen molar-refractivity contribution >= 4 is 10.0 Å². The summed E-state index contributed by atoms with van der Waals surface area (Å²) in [4.78, 5) is 0. The Morgan fingerprint density at radius 1 is 1.25 bits per heavy atom. The Hall–Kier alpha value is -0.130. The first kappa shape index (κ1) is 13.9. The summed E-state index contributed by atoms with van der Waals surface area (Å²) >= 11 is 0. The van der Waals surface area contributed by atoms with Gasteiger partial charge in [-0.25, -0.2) is 13.1 Å². The third-order valence-electron chi connectivity index (χ3n) is 2.59. The first-order valence-electron chi connectivity index (χ1n) is 6.12. The number of rotatable bonds is 8. The van der Waals surface area contributed by atoms with Crippen molar-refractivity contribution in [1.29, 1.82) is 0 Å². The van der Waals surface area contributed by atoms with E-state index in [0.29, 0.717) is 18.5 Å². The number of nitrogens with one attached hydrogen (secondary N) is 2. The maximum absolute atomic E-state index is 11.7. The summed E-state index contributed by atoms with van der Waals surface area (Å²) in [7, 11) is -3.11. The van der Waals surface area contributed by atoms with Crippen LogP contribution in [0.5, 0.6) is 0 Å². The van der Waals surface area contributed by atoms with Crippen LogP contribution in [0.15, 0.2) is 0 Å². The molecular weight excluding hydrogens is 224 g/mol. The summed E-state index contributed by atoms with van der Waals surface area (Å²) in [6.45, 7) is 6.68.